The molecule has 0 radical (unpaired) electrons. The van der Waals surface area contributed by atoms with Crippen LogP contribution in [0.25, 0.3) is 11.1 Å². The van der Waals surface area contributed by atoms with E-state index < -0.39 is 10.0 Å². The highest BCUT2D eigenvalue weighted by Crippen LogP contribution is 2.33. The molecular formula is C20H18ClN3O2S. The first-order valence-electron chi connectivity index (χ1n) is 8.70. The molecule has 1 N–H and O–H groups in total. The van der Waals surface area contributed by atoms with Crippen LogP contribution < -0.4 is 4.72 Å². The summed E-state index contributed by atoms with van der Waals surface area (Å²) < 4.78 is 28.7. The van der Waals surface area contributed by atoms with Gasteiger partial charge in [0.1, 0.15) is 11.2 Å². The molecule has 0 amide bonds. The van der Waals surface area contributed by atoms with Gasteiger partial charge >= 0.3 is 0 Å². The van der Waals surface area contributed by atoms with E-state index in [1.807, 2.05) is 18.2 Å². The summed E-state index contributed by atoms with van der Waals surface area (Å²) in [6.07, 6.45) is 7.45. The Morgan fingerprint density at radius 2 is 1.81 bits per heavy atom. The summed E-state index contributed by atoms with van der Waals surface area (Å²) in [7, 11) is -3.75. The zero-order valence-electron chi connectivity index (χ0n) is 14.5. The van der Waals surface area contributed by atoms with Crippen LogP contribution >= 0.6 is 11.6 Å². The van der Waals surface area contributed by atoms with Gasteiger partial charge in [0.2, 0.25) is 10.0 Å². The molecule has 0 saturated heterocycles. The van der Waals surface area contributed by atoms with Gasteiger partial charge in [0, 0.05) is 24.0 Å². The zero-order valence-corrected chi connectivity index (χ0v) is 16.0. The van der Waals surface area contributed by atoms with Gasteiger partial charge in [-0.15, -0.1) is 0 Å². The lowest BCUT2D eigenvalue weighted by Crippen LogP contribution is -2.31. The molecule has 1 aliphatic carbocycles. The Balaban J connectivity index is 1.63. The number of aromatic nitrogens is 2. The number of aryl methyl sites for hydroxylation is 1. The van der Waals surface area contributed by atoms with E-state index in [4.69, 9.17) is 11.6 Å². The van der Waals surface area contributed by atoms with Crippen LogP contribution in [0, 0.1) is 0 Å². The largest absolute Gasteiger partial charge is 0.244 e. The first-order chi connectivity index (χ1) is 13.0. The van der Waals surface area contributed by atoms with Crippen LogP contribution in [0.1, 0.15) is 30.0 Å². The molecule has 3 aromatic rings. The van der Waals surface area contributed by atoms with E-state index in [9.17, 15) is 8.42 Å². The van der Waals surface area contributed by atoms with Crippen LogP contribution in [-0.2, 0) is 16.4 Å². The Labute approximate surface area is 163 Å². The van der Waals surface area contributed by atoms with Crippen molar-refractivity contribution in [1.29, 1.82) is 0 Å². The molecule has 2 aromatic carbocycles. The minimum absolute atomic E-state index is 0.0767. The zero-order chi connectivity index (χ0) is 18.9. The van der Waals surface area contributed by atoms with Crippen molar-refractivity contribution >= 4 is 21.6 Å². The number of hydrogen-bond acceptors (Lipinski definition) is 4. The maximum Gasteiger partial charge on any atom is 0.242 e. The Kier molecular flexibility index (Phi) is 4.95. The molecule has 1 unspecified atom stereocenters. The van der Waals surface area contributed by atoms with E-state index >= 15 is 0 Å². The molecule has 138 valence electrons. The fraction of sp³-hybridized carbons (Fsp3) is 0.200. The van der Waals surface area contributed by atoms with E-state index in [0.29, 0.717) is 0 Å². The predicted molar refractivity (Wildman–Crippen MR) is 105 cm³/mol. The summed E-state index contributed by atoms with van der Waals surface area (Å²) in [5.41, 5.74) is 3.78. The number of rotatable bonds is 4. The Morgan fingerprint density at radius 1 is 1.04 bits per heavy atom. The van der Waals surface area contributed by atoms with E-state index in [-0.39, 0.29) is 16.0 Å². The number of hydrogen-bond donors (Lipinski definition) is 1. The molecule has 1 aliphatic rings. The molecular weight excluding hydrogens is 382 g/mol. The highest BCUT2D eigenvalue weighted by atomic mass is 35.5. The minimum Gasteiger partial charge on any atom is -0.244 e. The maximum atomic E-state index is 13.0. The first-order valence-corrected chi connectivity index (χ1v) is 10.6. The van der Waals surface area contributed by atoms with Gasteiger partial charge in [-0.05, 0) is 48.1 Å². The lowest BCUT2D eigenvalue weighted by Gasteiger charge is -2.26. The molecule has 0 saturated carbocycles. The Morgan fingerprint density at radius 3 is 2.59 bits per heavy atom. The Bertz CT molecular complexity index is 1070. The second-order valence-electron chi connectivity index (χ2n) is 6.54. The molecule has 7 heteroatoms. The normalized spacial score (nSPS) is 16.7. The lowest BCUT2D eigenvalue weighted by molar-refractivity contribution is 0.507. The summed E-state index contributed by atoms with van der Waals surface area (Å²) in [6.45, 7) is 0. The van der Waals surface area contributed by atoms with Gasteiger partial charge in [-0.2, -0.15) is 0 Å². The van der Waals surface area contributed by atoms with Crippen molar-refractivity contribution in [3.05, 3.63) is 77.3 Å². The second kappa shape index (κ2) is 7.38. The third-order valence-electron chi connectivity index (χ3n) is 4.78. The fourth-order valence-corrected chi connectivity index (χ4v) is 5.27. The van der Waals surface area contributed by atoms with Gasteiger partial charge in [0.05, 0.1) is 5.02 Å². The van der Waals surface area contributed by atoms with Crippen LogP contribution in [0.4, 0.5) is 0 Å². The van der Waals surface area contributed by atoms with E-state index in [2.05, 4.69) is 20.8 Å². The fourth-order valence-electron chi connectivity index (χ4n) is 3.47. The molecule has 5 nitrogen and oxygen atoms in total. The molecule has 0 spiro atoms. The van der Waals surface area contributed by atoms with Crippen molar-refractivity contribution in [3.8, 4) is 11.1 Å². The monoisotopic (exact) mass is 399 g/mol. The summed E-state index contributed by atoms with van der Waals surface area (Å²) in [5.74, 6) is 0. The summed E-state index contributed by atoms with van der Waals surface area (Å²) in [4.78, 5) is 8.03. The standard InChI is InChI=1S/C20H18ClN3O2S/c21-18-10-15(16-11-22-13-23-12-16)8-9-20(18)27(25,26)24-19-7-3-5-14-4-1-2-6-17(14)19/h1-2,4,6,8-13,19,24H,3,5,7H2. The molecule has 1 atom stereocenters. The van der Waals surface area contributed by atoms with E-state index in [1.165, 1.54) is 18.0 Å². The average molecular weight is 400 g/mol. The van der Waals surface area contributed by atoms with Crippen LogP contribution in [0.3, 0.4) is 0 Å². The van der Waals surface area contributed by atoms with Crippen molar-refractivity contribution in [2.24, 2.45) is 0 Å². The molecule has 27 heavy (non-hydrogen) atoms. The first kappa shape index (κ1) is 18.1. The van der Waals surface area contributed by atoms with Gasteiger partial charge in [0.15, 0.2) is 0 Å². The highest BCUT2D eigenvalue weighted by Gasteiger charge is 2.27. The number of nitrogens with zero attached hydrogens (tertiary/aromatic N) is 2. The predicted octanol–water partition coefficient (Wildman–Crippen LogP) is 4.15. The van der Waals surface area contributed by atoms with Crippen molar-refractivity contribution < 1.29 is 8.42 Å². The lowest BCUT2D eigenvalue weighted by atomic mass is 9.88. The third-order valence-corrected chi connectivity index (χ3v) is 6.74. The quantitative estimate of drug-likeness (QED) is 0.715. The van der Waals surface area contributed by atoms with Gasteiger partial charge in [-0.25, -0.2) is 23.1 Å². The van der Waals surface area contributed by atoms with Crippen molar-refractivity contribution in [2.75, 3.05) is 0 Å². The molecule has 1 aromatic heterocycles. The molecule has 0 fully saturated rings. The topological polar surface area (TPSA) is 72.0 Å². The van der Waals surface area contributed by atoms with Gasteiger partial charge in [0.25, 0.3) is 0 Å². The SMILES string of the molecule is O=S(=O)(NC1CCCc2ccccc21)c1ccc(-c2cncnc2)cc1Cl. The molecule has 0 bridgehead atoms. The Hall–Kier alpha value is -2.28. The number of sulfonamides is 1. The number of fused-ring (bicyclic) bond motifs is 1. The van der Waals surface area contributed by atoms with Crippen LogP contribution in [0.15, 0.2) is 66.1 Å². The summed E-state index contributed by atoms with van der Waals surface area (Å²) in [5, 5.41) is 0.174. The van der Waals surface area contributed by atoms with E-state index in [1.54, 1.807) is 24.5 Å². The van der Waals surface area contributed by atoms with Gasteiger partial charge < -0.3 is 0 Å². The van der Waals surface area contributed by atoms with Crippen molar-refractivity contribution in [3.63, 3.8) is 0 Å². The average Bonchev–Trinajstić information content (AvgIpc) is 2.68. The highest BCUT2D eigenvalue weighted by molar-refractivity contribution is 7.89. The van der Waals surface area contributed by atoms with Crippen molar-refractivity contribution in [1.82, 2.24) is 14.7 Å². The second-order valence-corrected chi connectivity index (χ2v) is 8.63. The maximum absolute atomic E-state index is 13.0. The summed E-state index contributed by atoms with van der Waals surface area (Å²) in [6, 6.07) is 12.6. The molecule has 1 heterocycles. The van der Waals surface area contributed by atoms with E-state index in [0.717, 1.165) is 36.0 Å². The third kappa shape index (κ3) is 3.74. The number of halogens is 1. The minimum atomic E-state index is -3.75. The van der Waals surface area contributed by atoms with Gasteiger partial charge in [-0.3, -0.25) is 0 Å². The van der Waals surface area contributed by atoms with Gasteiger partial charge in [-0.1, -0.05) is 41.9 Å². The van der Waals surface area contributed by atoms with Crippen molar-refractivity contribution in [2.45, 2.75) is 30.2 Å². The number of nitrogens with one attached hydrogen (secondary N) is 1. The van der Waals surface area contributed by atoms with Crippen LogP contribution in [-0.4, -0.2) is 18.4 Å². The van der Waals surface area contributed by atoms with Crippen LogP contribution in [0.5, 0.6) is 0 Å². The molecule has 4 rings (SSSR count). The summed E-state index contributed by atoms with van der Waals surface area (Å²) >= 11 is 6.32. The number of benzene rings is 2. The van der Waals surface area contributed by atoms with Crippen LogP contribution in [0.2, 0.25) is 5.02 Å². The molecule has 0 aliphatic heterocycles. The smallest absolute Gasteiger partial charge is 0.242 e.